The Bertz CT molecular complexity index is 1010. The predicted octanol–water partition coefficient (Wildman–Crippen LogP) is 4.56. The first-order chi connectivity index (χ1) is 13.7. The van der Waals surface area contributed by atoms with Crippen LogP contribution in [0.3, 0.4) is 0 Å². The van der Waals surface area contributed by atoms with Gasteiger partial charge in [0.1, 0.15) is 0 Å². The number of benzene rings is 2. The molecule has 2 aromatic carbocycles. The minimum absolute atomic E-state index is 0.245. The Balaban J connectivity index is 1.55. The van der Waals surface area contributed by atoms with Crippen LogP contribution in [0.2, 0.25) is 0 Å². The molecule has 144 valence electrons. The average molecular weight is 376 g/mol. The monoisotopic (exact) mass is 376 g/mol. The fraction of sp³-hybridized carbons (Fsp3) is 0.273. The van der Waals surface area contributed by atoms with E-state index in [-0.39, 0.29) is 6.79 Å². The molecule has 28 heavy (non-hydrogen) atoms. The second kappa shape index (κ2) is 7.76. The molecule has 6 nitrogen and oxygen atoms in total. The van der Waals surface area contributed by atoms with Gasteiger partial charge in [0.05, 0.1) is 17.4 Å². The SMILES string of the molecule is CCN(CC)c1ccc(/C=N/Nc2cc(C)nc3cc4c(cc23)OCO4)cc1. The van der Waals surface area contributed by atoms with Gasteiger partial charge in [0, 0.05) is 35.9 Å². The van der Waals surface area contributed by atoms with Crippen LogP contribution < -0.4 is 19.8 Å². The van der Waals surface area contributed by atoms with Gasteiger partial charge in [-0.05, 0) is 50.6 Å². The molecule has 4 rings (SSSR count). The second-order valence-corrected chi connectivity index (χ2v) is 6.67. The number of rotatable bonds is 6. The van der Waals surface area contributed by atoms with Gasteiger partial charge < -0.3 is 14.4 Å². The molecule has 0 saturated carbocycles. The third-order valence-electron chi connectivity index (χ3n) is 4.85. The summed E-state index contributed by atoms with van der Waals surface area (Å²) in [5.74, 6) is 1.46. The Morgan fingerprint density at radius 1 is 1.07 bits per heavy atom. The first-order valence-corrected chi connectivity index (χ1v) is 9.53. The van der Waals surface area contributed by atoms with Gasteiger partial charge in [0.2, 0.25) is 6.79 Å². The van der Waals surface area contributed by atoms with Crippen molar-refractivity contribution >= 4 is 28.5 Å². The molecule has 0 atom stereocenters. The van der Waals surface area contributed by atoms with Gasteiger partial charge in [-0.3, -0.25) is 10.4 Å². The Kier molecular flexibility index (Phi) is 5.02. The zero-order valence-corrected chi connectivity index (χ0v) is 16.4. The number of nitrogens with one attached hydrogen (secondary N) is 1. The number of nitrogens with zero attached hydrogens (tertiary/aromatic N) is 3. The van der Waals surface area contributed by atoms with E-state index in [0.29, 0.717) is 0 Å². The summed E-state index contributed by atoms with van der Waals surface area (Å²) in [7, 11) is 0. The summed E-state index contributed by atoms with van der Waals surface area (Å²) in [5, 5.41) is 5.37. The van der Waals surface area contributed by atoms with Crippen LogP contribution in [0.1, 0.15) is 25.1 Å². The molecule has 0 unspecified atom stereocenters. The van der Waals surface area contributed by atoms with E-state index in [1.54, 1.807) is 0 Å². The predicted molar refractivity (Wildman–Crippen MR) is 114 cm³/mol. The summed E-state index contributed by atoms with van der Waals surface area (Å²) in [6.45, 7) is 8.53. The fourth-order valence-corrected chi connectivity index (χ4v) is 3.38. The van der Waals surface area contributed by atoms with Crippen LogP contribution in [0, 0.1) is 6.92 Å². The molecule has 0 fully saturated rings. The zero-order valence-electron chi connectivity index (χ0n) is 16.4. The molecule has 3 aromatic rings. The van der Waals surface area contributed by atoms with Crippen LogP contribution in [-0.4, -0.2) is 31.1 Å². The van der Waals surface area contributed by atoms with E-state index in [4.69, 9.17) is 9.47 Å². The third kappa shape index (κ3) is 3.58. The number of fused-ring (bicyclic) bond motifs is 2. The molecule has 0 bridgehead atoms. The standard InChI is InChI=1S/C22H24N4O2/c1-4-26(5-2)17-8-6-16(7-9-17)13-23-25-20-10-15(3)24-19-12-22-21(11-18(19)20)27-14-28-22/h6-13H,4-5,14H2,1-3H3,(H,24,25)/b23-13+. The van der Waals surface area contributed by atoms with Crippen molar-refractivity contribution in [2.24, 2.45) is 5.10 Å². The number of aromatic nitrogens is 1. The Hall–Kier alpha value is -3.28. The molecule has 1 N–H and O–H groups in total. The Morgan fingerprint density at radius 2 is 1.79 bits per heavy atom. The Labute approximate surface area is 164 Å². The largest absolute Gasteiger partial charge is 0.454 e. The van der Waals surface area contributed by atoms with E-state index >= 15 is 0 Å². The smallest absolute Gasteiger partial charge is 0.231 e. The third-order valence-corrected chi connectivity index (χ3v) is 4.85. The topological polar surface area (TPSA) is 59.0 Å². The zero-order chi connectivity index (χ0) is 19.5. The van der Waals surface area contributed by atoms with Gasteiger partial charge in [-0.25, -0.2) is 0 Å². The molecule has 0 aliphatic carbocycles. The van der Waals surface area contributed by atoms with Crippen LogP contribution >= 0.6 is 0 Å². The van der Waals surface area contributed by atoms with Crippen molar-refractivity contribution in [1.29, 1.82) is 0 Å². The number of aryl methyl sites for hydroxylation is 1. The number of ether oxygens (including phenoxy) is 2. The molecule has 0 saturated heterocycles. The number of anilines is 2. The summed E-state index contributed by atoms with van der Waals surface area (Å²) >= 11 is 0. The maximum absolute atomic E-state index is 5.49. The van der Waals surface area contributed by atoms with Gasteiger partial charge >= 0.3 is 0 Å². The van der Waals surface area contributed by atoms with Gasteiger partial charge in [0.15, 0.2) is 11.5 Å². The van der Waals surface area contributed by atoms with E-state index in [2.05, 4.69) is 58.5 Å². The minimum atomic E-state index is 0.245. The van der Waals surface area contributed by atoms with Crippen molar-refractivity contribution in [3.05, 3.63) is 53.7 Å². The highest BCUT2D eigenvalue weighted by Crippen LogP contribution is 2.38. The highest BCUT2D eigenvalue weighted by molar-refractivity contribution is 5.94. The summed E-state index contributed by atoms with van der Waals surface area (Å²) in [4.78, 5) is 6.91. The second-order valence-electron chi connectivity index (χ2n) is 6.67. The number of hydrazone groups is 1. The van der Waals surface area contributed by atoms with Crippen LogP contribution in [-0.2, 0) is 0 Å². The van der Waals surface area contributed by atoms with Gasteiger partial charge in [-0.15, -0.1) is 0 Å². The van der Waals surface area contributed by atoms with E-state index < -0.39 is 0 Å². The van der Waals surface area contributed by atoms with Crippen molar-refractivity contribution < 1.29 is 9.47 Å². The minimum Gasteiger partial charge on any atom is -0.454 e. The van der Waals surface area contributed by atoms with E-state index in [1.807, 2.05) is 31.3 Å². The van der Waals surface area contributed by atoms with E-state index in [9.17, 15) is 0 Å². The van der Waals surface area contributed by atoms with Crippen molar-refractivity contribution in [2.75, 3.05) is 30.2 Å². The molecule has 1 aliphatic heterocycles. The summed E-state index contributed by atoms with van der Waals surface area (Å²) in [6.07, 6.45) is 1.82. The lowest BCUT2D eigenvalue weighted by molar-refractivity contribution is 0.174. The molecule has 6 heteroatoms. The summed E-state index contributed by atoms with van der Waals surface area (Å²) in [5.41, 5.74) is 8.06. The van der Waals surface area contributed by atoms with Crippen LogP contribution in [0.5, 0.6) is 11.5 Å². The van der Waals surface area contributed by atoms with Crippen LogP contribution in [0.25, 0.3) is 10.9 Å². The quantitative estimate of drug-likeness (QED) is 0.505. The summed E-state index contributed by atoms with van der Waals surface area (Å²) in [6, 6.07) is 14.2. The van der Waals surface area contributed by atoms with Crippen molar-refractivity contribution in [2.45, 2.75) is 20.8 Å². The van der Waals surface area contributed by atoms with Crippen molar-refractivity contribution in [1.82, 2.24) is 4.98 Å². The lowest BCUT2D eigenvalue weighted by Crippen LogP contribution is -2.21. The normalized spacial score (nSPS) is 12.7. The molecule has 0 amide bonds. The fourth-order valence-electron chi connectivity index (χ4n) is 3.38. The first-order valence-electron chi connectivity index (χ1n) is 9.53. The van der Waals surface area contributed by atoms with Crippen LogP contribution in [0.15, 0.2) is 47.6 Å². The van der Waals surface area contributed by atoms with Crippen molar-refractivity contribution in [3.63, 3.8) is 0 Å². The van der Waals surface area contributed by atoms with E-state index in [0.717, 1.165) is 52.4 Å². The molecular formula is C22H24N4O2. The van der Waals surface area contributed by atoms with Gasteiger partial charge in [0.25, 0.3) is 0 Å². The lowest BCUT2D eigenvalue weighted by Gasteiger charge is -2.20. The number of hydrogen-bond acceptors (Lipinski definition) is 6. The highest BCUT2D eigenvalue weighted by Gasteiger charge is 2.16. The first kappa shape index (κ1) is 18.1. The lowest BCUT2D eigenvalue weighted by atomic mass is 10.1. The van der Waals surface area contributed by atoms with E-state index in [1.165, 1.54) is 5.69 Å². The Morgan fingerprint density at radius 3 is 2.50 bits per heavy atom. The highest BCUT2D eigenvalue weighted by atomic mass is 16.7. The summed E-state index contributed by atoms with van der Waals surface area (Å²) < 4.78 is 10.9. The van der Waals surface area contributed by atoms with Gasteiger partial charge in [-0.2, -0.15) is 5.10 Å². The number of hydrogen-bond donors (Lipinski definition) is 1. The molecule has 0 spiro atoms. The maximum atomic E-state index is 5.49. The number of pyridine rings is 1. The van der Waals surface area contributed by atoms with Gasteiger partial charge in [-0.1, -0.05) is 12.1 Å². The average Bonchev–Trinajstić information content (AvgIpc) is 3.16. The van der Waals surface area contributed by atoms with Crippen molar-refractivity contribution in [3.8, 4) is 11.5 Å². The maximum Gasteiger partial charge on any atom is 0.231 e. The molecule has 0 radical (unpaired) electrons. The molecule has 1 aliphatic rings. The molecule has 1 aromatic heterocycles. The molecule has 2 heterocycles. The van der Waals surface area contributed by atoms with Crippen LogP contribution in [0.4, 0.5) is 11.4 Å². The molecular weight excluding hydrogens is 352 g/mol.